The molecule has 6 heteroatoms. The fourth-order valence-corrected chi connectivity index (χ4v) is 3.57. The monoisotopic (exact) mass is 424 g/mol. The van der Waals surface area contributed by atoms with E-state index in [0.29, 0.717) is 35.5 Å². The minimum absolute atomic E-state index is 0.0392. The second kappa shape index (κ2) is 9.41. The largest absolute Gasteiger partial charge is 0.384 e. The Morgan fingerprint density at radius 2 is 1.66 bits per heavy atom. The zero-order valence-corrected chi connectivity index (χ0v) is 17.5. The van der Waals surface area contributed by atoms with Crippen molar-refractivity contribution < 1.29 is 9.59 Å². The van der Waals surface area contributed by atoms with Crippen molar-refractivity contribution in [1.82, 2.24) is 4.98 Å². The van der Waals surface area contributed by atoms with Gasteiger partial charge < -0.3 is 16.8 Å². The van der Waals surface area contributed by atoms with Crippen molar-refractivity contribution in [3.05, 3.63) is 102 Å². The van der Waals surface area contributed by atoms with Gasteiger partial charge in [0, 0.05) is 29.9 Å². The number of anilines is 2. The number of ketones is 1. The van der Waals surface area contributed by atoms with E-state index in [1.165, 1.54) is 11.6 Å². The quantitative estimate of drug-likeness (QED) is 0.410. The van der Waals surface area contributed by atoms with Gasteiger partial charge in [-0.2, -0.15) is 0 Å². The highest BCUT2D eigenvalue weighted by Gasteiger charge is 2.16. The Morgan fingerprint density at radius 3 is 2.41 bits per heavy atom. The molecule has 1 aromatic heterocycles. The van der Waals surface area contributed by atoms with E-state index in [1.807, 2.05) is 18.2 Å². The fourth-order valence-electron chi connectivity index (χ4n) is 3.57. The van der Waals surface area contributed by atoms with Gasteiger partial charge >= 0.3 is 0 Å². The van der Waals surface area contributed by atoms with Crippen LogP contribution in [0.25, 0.3) is 10.8 Å². The van der Waals surface area contributed by atoms with Crippen molar-refractivity contribution in [3.63, 3.8) is 0 Å². The lowest BCUT2D eigenvalue weighted by atomic mass is 9.96. The standard InChI is InChI=1S/C26H24N4O2/c27-24-16-22(13-14-29-24)30-26(32)20-10-8-19(9-11-20)25(28)23(31)12-6-17-5-7-18-3-1-2-4-21(18)15-17/h1-5,7-11,13-16,25H,6,12,28H2,(H3,27,29,30,32). The first-order valence-electron chi connectivity index (χ1n) is 10.4. The predicted molar refractivity (Wildman–Crippen MR) is 127 cm³/mol. The average molecular weight is 425 g/mol. The van der Waals surface area contributed by atoms with Crippen LogP contribution >= 0.6 is 0 Å². The van der Waals surface area contributed by atoms with Crippen molar-refractivity contribution in [2.75, 3.05) is 11.1 Å². The molecule has 0 fully saturated rings. The van der Waals surface area contributed by atoms with Gasteiger partial charge in [0.15, 0.2) is 5.78 Å². The van der Waals surface area contributed by atoms with Gasteiger partial charge in [0.2, 0.25) is 0 Å². The number of nitrogens with one attached hydrogen (secondary N) is 1. The number of nitrogens with zero attached hydrogens (tertiary/aromatic N) is 1. The number of carbonyl (C=O) groups excluding carboxylic acids is 2. The first kappa shape index (κ1) is 21.2. The van der Waals surface area contributed by atoms with Crippen molar-refractivity contribution in [1.29, 1.82) is 0 Å². The molecule has 6 nitrogen and oxygen atoms in total. The maximum Gasteiger partial charge on any atom is 0.255 e. The second-order valence-electron chi connectivity index (χ2n) is 7.67. The summed E-state index contributed by atoms with van der Waals surface area (Å²) < 4.78 is 0. The number of hydrogen-bond donors (Lipinski definition) is 3. The number of aryl methyl sites for hydroxylation is 1. The molecule has 3 aromatic carbocycles. The van der Waals surface area contributed by atoms with Crippen LogP contribution in [0, 0.1) is 0 Å². The van der Waals surface area contributed by atoms with Gasteiger partial charge in [-0.3, -0.25) is 9.59 Å². The molecule has 5 N–H and O–H groups in total. The number of nitrogen functional groups attached to an aromatic ring is 1. The van der Waals surface area contributed by atoms with Crippen LogP contribution < -0.4 is 16.8 Å². The fraction of sp³-hybridized carbons (Fsp3) is 0.115. The molecule has 0 aliphatic rings. The number of aromatic nitrogens is 1. The molecule has 160 valence electrons. The van der Waals surface area contributed by atoms with E-state index in [1.54, 1.807) is 36.4 Å². The van der Waals surface area contributed by atoms with Crippen molar-refractivity contribution in [2.45, 2.75) is 18.9 Å². The molecule has 0 bridgehead atoms. The van der Waals surface area contributed by atoms with Crippen LogP contribution in [0.15, 0.2) is 85.1 Å². The van der Waals surface area contributed by atoms with Gasteiger partial charge in [0.05, 0.1) is 6.04 Å². The molecule has 1 heterocycles. The van der Waals surface area contributed by atoms with Gasteiger partial charge in [0.1, 0.15) is 5.82 Å². The van der Waals surface area contributed by atoms with Gasteiger partial charge in [-0.1, -0.05) is 54.6 Å². The lowest BCUT2D eigenvalue weighted by Crippen LogP contribution is -2.22. The van der Waals surface area contributed by atoms with E-state index in [4.69, 9.17) is 11.5 Å². The SMILES string of the molecule is Nc1cc(NC(=O)c2ccc(C(N)C(=O)CCc3ccc4ccccc4c3)cc2)ccn1. The zero-order valence-electron chi connectivity index (χ0n) is 17.5. The smallest absolute Gasteiger partial charge is 0.255 e. The number of benzene rings is 3. The highest BCUT2D eigenvalue weighted by molar-refractivity contribution is 6.04. The zero-order chi connectivity index (χ0) is 22.5. The summed E-state index contributed by atoms with van der Waals surface area (Å²) in [4.78, 5) is 29.0. The van der Waals surface area contributed by atoms with Gasteiger partial charge in [0.25, 0.3) is 5.91 Å². The summed E-state index contributed by atoms with van der Waals surface area (Å²) in [7, 11) is 0. The normalized spacial score (nSPS) is 11.8. The molecule has 0 aliphatic carbocycles. The number of pyridine rings is 1. The minimum atomic E-state index is -0.729. The molecule has 1 unspecified atom stereocenters. The molecule has 1 amide bonds. The molecule has 4 rings (SSSR count). The van der Waals surface area contributed by atoms with E-state index in [2.05, 4.69) is 34.6 Å². The van der Waals surface area contributed by atoms with Gasteiger partial charge in [-0.25, -0.2) is 4.98 Å². The Kier molecular flexibility index (Phi) is 6.24. The van der Waals surface area contributed by atoms with Crippen LogP contribution in [0.2, 0.25) is 0 Å². The summed E-state index contributed by atoms with van der Waals surface area (Å²) in [5.74, 6) is 0.00676. The number of fused-ring (bicyclic) bond motifs is 1. The maximum absolute atomic E-state index is 12.7. The van der Waals surface area contributed by atoms with Crippen LogP contribution in [0.4, 0.5) is 11.5 Å². The van der Waals surface area contributed by atoms with E-state index in [9.17, 15) is 9.59 Å². The Bertz CT molecular complexity index is 1270. The molecular formula is C26H24N4O2. The first-order chi connectivity index (χ1) is 15.5. The molecule has 1 atom stereocenters. The number of hydrogen-bond acceptors (Lipinski definition) is 5. The number of nitrogens with two attached hydrogens (primary N) is 2. The summed E-state index contributed by atoms with van der Waals surface area (Å²) >= 11 is 0. The highest BCUT2D eigenvalue weighted by atomic mass is 16.1. The summed E-state index contributed by atoms with van der Waals surface area (Å²) in [6, 6.07) is 23.6. The van der Waals surface area contributed by atoms with Crippen LogP contribution in [-0.4, -0.2) is 16.7 Å². The third-order valence-electron chi connectivity index (χ3n) is 5.39. The Morgan fingerprint density at radius 1 is 0.906 bits per heavy atom. The highest BCUT2D eigenvalue weighted by Crippen LogP contribution is 2.19. The lowest BCUT2D eigenvalue weighted by Gasteiger charge is -2.12. The molecule has 32 heavy (non-hydrogen) atoms. The van der Waals surface area contributed by atoms with Crippen molar-refractivity contribution >= 4 is 34.0 Å². The van der Waals surface area contributed by atoms with E-state index in [-0.39, 0.29) is 11.7 Å². The van der Waals surface area contributed by atoms with Crippen LogP contribution in [0.5, 0.6) is 0 Å². The van der Waals surface area contributed by atoms with Gasteiger partial charge in [-0.05, 0) is 46.5 Å². The maximum atomic E-state index is 12.7. The molecule has 0 radical (unpaired) electrons. The van der Waals surface area contributed by atoms with E-state index < -0.39 is 6.04 Å². The third kappa shape index (κ3) is 4.99. The molecular weight excluding hydrogens is 400 g/mol. The number of carbonyl (C=O) groups is 2. The molecule has 0 saturated heterocycles. The molecule has 0 aliphatic heterocycles. The number of Topliss-reactive ketones (excluding diaryl/α,β-unsaturated/α-hetero) is 1. The van der Waals surface area contributed by atoms with Crippen LogP contribution in [-0.2, 0) is 11.2 Å². The Hall–Kier alpha value is -4.03. The van der Waals surface area contributed by atoms with Crippen LogP contribution in [0.1, 0.15) is 33.9 Å². The lowest BCUT2D eigenvalue weighted by molar-refractivity contribution is -0.120. The first-order valence-corrected chi connectivity index (χ1v) is 10.4. The molecule has 4 aromatic rings. The van der Waals surface area contributed by atoms with Crippen molar-refractivity contribution in [2.24, 2.45) is 5.73 Å². The number of amides is 1. The summed E-state index contributed by atoms with van der Waals surface area (Å²) in [6.45, 7) is 0. The van der Waals surface area contributed by atoms with Crippen molar-refractivity contribution in [3.8, 4) is 0 Å². The van der Waals surface area contributed by atoms with E-state index >= 15 is 0 Å². The van der Waals surface area contributed by atoms with Gasteiger partial charge in [-0.15, -0.1) is 0 Å². The second-order valence-corrected chi connectivity index (χ2v) is 7.67. The molecule has 0 saturated carbocycles. The Labute approximate surface area is 186 Å². The topological polar surface area (TPSA) is 111 Å². The predicted octanol–water partition coefficient (Wildman–Crippen LogP) is 4.27. The summed E-state index contributed by atoms with van der Waals surface area (Å²) in [5.41, 5.74) is 14.6. The third-order valence-corrected chi connectivity index (χ3v) is 5.39. The summed E-state index contributed by atoms with van der Waals surface area (Å²) in [5, 5.41) is 5.10. The summed E-state index contributed by atoms with van der Waals surface area (Å²) in [6.07, 6.45) is 2.51. The molecule has 0 spiro atoms. The number of rotatable bonds is 7. The van der Waals surface area contributed by atoms with Crippen LogP contribution in [0.3, 0.4) is 0 Å². The average Bonchev–Trinajstić information content (AvgIpc) is 2.82. The minimum Gasteiger partial charge on any atom is -0.384 e. The van der Waals surface area contributed by atoms with E-state index in [0.717, 1.165) is 10.9 Å². The Balaban J connectivity index is 1.36.